The Morgan fingerprint density at radius 2 is 1.33 bits per heavy atom. The van der Waals surface area contributed by atoms with Crippen LogP contribution in [0.1, 0.15) is 175 Å². The molecular weight excluding hydrogens is 999 g/mol. The Bertz CT molecular complexity index is 2460. The van der Waals surface area contributed by atoms with Crippen molar-refractivity contribution >= 4 is 60.2 Å². The van der Waals surface area contributed by atoms with Gasteiger partial charge in [0.1, 0.15) is 11.6 Å². The second-order valence-electron chi connectivity index (χ2n) is 23.9. The predicted octanol–water partition coefficient (Wildman–Crippen LogP) is 8.46. The molecule has 1 unspecified atom stereocenters. The van der Waals surface area contributed by atoms with Crippen LogP contribution in [-0.4, -0.2) is 112 Å². The van der Waals surface area contributed by atoms with Gasteiger partial charge in [-0.2, -0.15) is 0 Å². The summed E-state index contributed by atoms with van der Waals surface area (Å²) in [7, 11) is -0.592. The van der Waals surface area contributed by atoms with E-state index in [1.54, 1.807) is 45.0 Å². The Morgan fingerprint density at radius 1 is 0.731 bits per heavy atom. The number of carbonyl (C=O) groups is 9. The van der Waals surface area contributed by atoms with Gasteiger partial charge in [0.25, 0.3) is 0 Å². The SMILES string of the molecule is CCCCC[C@H](NC(=O)[C@H](C)CC(=O)[C@H](CCC(=O)N[C@H](CC(=O)O)C(=O)O)NC(=O)[C@H](CNC(=O)OC(C)(C)C)CC(=O)c1ccc(-c2ccc(CCCC)cc2)cc1)C(=O)C[C@@H](C)B1OC2C[C@@H]3C[C@@H](C3(C)C)[C@]2(C)O1. The summed E-state index contributed by atoms with van der Waals surface area (Å²) in [4.78, 5) is 120. The van der Waals surface area contributed by atoms with E-state index in [-0.39, 0.29) is 35.1 Å². The van der Waals surface area contributed by atoms with Crippen molar-refractivity contribution in [1.82, 2.24) is 21.3 Å². The zero-order valence-electron chi connectivity index (χ0n) is 47.5. The number of nitrogens with one attached hydrogen (secondary N) is 4. The van der Waals surface area contributed by atoms with Crippen LogP contribution in [0.3, 0.4) is 0 Å². The third-order valence-corrected chi connectivity index (χ3v) is 16.1. The van der Waals surface area contributed by atoms with Gasteiger partial charge >= 0.3 is 25.2 Å². The van der Waals surface area contributed by atoms with Gasteiger partial charge in [0.15, 0.2) is 17.3 Å². The molecular formula is C59H85BN4O14. The monoisotopic (exact) mass is 1080 g/mol. The number of hydrogen-bond acceptors (Lipinski definition) is 12. The molecule has 1 aliphatic heterocycles. The van der Waals surface area contributed by atoms with Gasteiger partial charge in [-0.3, -0.25) is 33.6 Å². The number of carboxylic acids is 2. The Labute approximate surface area is 460 Å². The standard InChI is InChI=1S/C59H85BN4O14/c1-11-13-15-17-43(48(67)29-36(4)60-77-50-32-42-31-49(58(42,8)9)59(50,10)78-60)63-53(71)35(3)28-47(66)44(26-27-51(68)62-45(55(73)74)33-52(69)70)64-54(72)41(34-61-56(75)76-57(5,6)7)30-46(65)40-24-22-39(23-25-40)38-20-18-37(19-21-38)16-14-12-2/h18-25,35-36,41-45,49-50H,11-17,26-34H2,1-10H3,(H,61,75)(H,62,68)(H,63,71)(H,64,72)(H,69,70)(H,73,74)/t35-,36-,41+,42+,43+,44+,45-,49+,50?,59+/m1/s1. The van der Waals surface area contributed by atoms with E-state index < -0.39 is 134 Å². The van der Waals surface area contributed by atoms with Crippen LogP contribution in [0.25, 0.3) is 11.1 Å². The first kappa shape index (κ1) is 62.9. The summed E-state index contributed by atoms with van der Waals surface area (Å²) >= 11 is 0. The molecule has 2 bridgehead atoms. The second kappa shape index (κ2) is 27.8. The predicted molar refractivity (Wildman–Crippen MR) is 294 cm³/mol. The molecule has 428 valence electrons. The number of Topliss-reactive ketones (excluding diaryl/α,β-unsaturated/α-hetero) is 3. The third kappa shape index (κ3) is 17.3. The fourth-order valence-corrected chi connectivity index (χ4v) is 11.2. The number of alkyl carbamates (subject to hydrolysis) is 1. The van der Waals surface area contributed by atoms with Gasteiger partial charge in [-0.25, -0.2) is 9.59 Å². The molecule has 6 N–H and O–H groups in total. The summed E-state index contributed by atoms with van der Waals surface area (Å²) in [6.07, 6.45) is 4.13. The third-order valence-electron chi connectivity index (χ3n) is 16.1. The van der Waals surface area contributed by atoms with Crippen molar-refractivity contribution in [3.8, 4) is 11.1 Å². The smallest absolute Gasteiger partial charge is 0.461 e. The van der Waals surface area contributed by atoms with Gasteiger partial charge in [-0.05, 0) is 106 Å². The lowest BCUT2D eigenvalue weighted by Gasteiger charge is -2.64. The summed E-state index contributed by atoms with van der Waals surface area (Å²) in [5, 5.41) is 29.0. The van der Waals surface area contributed by atoms with E-state index in [4.69, 9.17) is 14.0 Å². The summed E-state index contributed by atoms with van der Waals surface area (Å²) < 4.78 is 18.5. The maximum absolute atomic E-state index is 14.4. The van der Waals surface area contributed by atoms with Crippen molar-refractivity contribution < 1.29 is 67.4 Å². The normalized spacial score (nSPS) is 21.5. The van der Waals surface area contributed by atoms with Crippen molar-refractivity contribution in [2.24, 2.45) is 29.1 Å². The second-order valence-corrected chi connectivity index (χ2v) is 23.9. The van der Waals surface area contributed by atoms with E-state index in [9.17, 15) is 53.4 Å². The molecule has 6 rings (SSSR count). The van der Waals surface area contributed by atoms with Crippen molar-refractivity contribution in [2.45, 2.75) is 207 Å². The molecule has 1 saturated heterocycles. The number of carboxylic acid groups (broad SMARTS) is 2. The first-order valence-corrected chi connectivity index (χ1v) is 28.1. The Hall–Kier alpha value is -5.95. The molecule has 0 aromatic heterocycles. The minimum absolute atomic E-state index is 0.0633. The Kier molecular flexibility index (Phi) is 22.4. The molecule has 19 heteroatoms. The molecule has 3 aliphatic carbocycles. The summed E-state index contributed by atoms with van der Waals surface area (Å²) in [6.45, 7) is 18.8. The number of aliphatic carboxylic acids is 2. The lowest BCUT2D eigenvalue weighted by atomic mass is 9.43. The number of ether oxygens (including phenoxy) is 1. The van der Waals surface area contributed by atoms with Crippen molar-refractivity contribution in [2.75, 3.05) is 6.54 Å². The van der Waals surface area contributed by atoms with Gasteiger partial charge in [-0.15, -0.1) is 0 Å². The van der Waals surface area contributed by atoms with Gasteiger partial charge in [-0.1, -0.05) is 116 Å². The fourth-order valence-electron chi connectivity index (χ4n) is 11.2. The molecule has 4 fully saturated rings. The van der Waals surface area contributed by atoms with Crippen LogP contribution in [0.5, 0.6) is 0 Å². The number of benzene rings is 2. The lowest BCUT2D eigenvalue weighted by Crippen LogP contribution is -2.65. The average molecular weight is 1090 g/mol. The van der Waals surface area contributed by atoms with Gasteiger partial charge < -0.3 is 45.5 Å². The van der Waals surface area contributed by atoms with Gasteiger partial charge in [0.2, 0.25) is 17.7 Å². The Morgan fingerprint density at radius 3 is 1.92 bits per heavy atom. The first-order chi connectivity index (χ1) is 36.6. The topological polar surface area (TPSA) is 270 Å². The van der Waals surface area contributed by atoms with Crippen LogP contribution in [0.2, 0.25) is 5.82 Å². The van der Waals surface area contributed by atoms with Crippen molar-refractivity contribution in [1.29, 1.82) is 0 Å². The molecule has 2 aromatic rings. The molecule has 0 spiro atoms. The molecule has 2 aromatic carbocycles. The highest BCUT2D eigenvalue weighted by atomic mass is 16.7. The average Bonchev–Trinajstić information content (AvgIpc) is 3.74. The van der Waals surface area contributed by atoms with Gasteiger partial charge in [0.05, 0.1) is 36.1 Å². The zero-order chi connectivity index (χ0) is 57.7. The molecule has 3 saturated carbocycles. The fraction of sp³-hybridized carbons (Fsp3) is 0.644. The minimum Gasteiger partial charge on any atom is -0.481 e. The van der Waals surface area contributed by atoms with E-state index in [1.165, 1.54) is 12.5 Å². The molecule has 18 nitrogen and oxygen atoms in total. The molecule has 0 radical (unpaired) electrons. The summed E-state index contributed by atoms with van der Waals surface area (Å²) in [6, 6.07) is 10.9. The first-order valence-electron chi connectivity index (χ1n) is 28.1. The number of aryl methyl sites for hydroxylation is 1. The van der Waals surface area contributed by atoms with Crippen LogP contribution in [0.4, 0.5) is 4.79 Å². The van der Waals surface area contributed by atoms with Crippen LogP contribution in [0.15, 0.2) is 48.5 Å². The lowest BCUT2D eigenvalue weighted by molar-refractivity contribution is -0.199. The van der Waals surface area contributed by atoms with E-state index in [0.29, 0.717) is 24.7 Å². The molecule has 4 aliphatic rings. The molecule has 4 amide bonds. The van der Waals surface area contributed by atoms with Gasteiger partial charge in [0, 0.05) is 43.7 Å². The number of amides is 4. The number of unbranched alkanes of at least 4 members (excludes halogenated alkanes) is 3. The zero-order valence-corrected chi connectivity index (χ0v) is 47.5. The van der Waals surface area contributed by atoms with Crippen LogP contribution in [0, 0.1) is 29.1 Å². The van der Waals surface area contributed by atoms with E-state index in [2.05, 4.69) is 61.1 Å². The minimum atomic E-state index is -1.79. The maximum Gasteiger partial charge on any atom is 0.461 e. The summed E-state index contributed by atoms with van der Waals surface area (Å²) in [5.74, 6) is -8.59. The number of hydrogen-bond donors (Lipinski definition) is 6. The van der Waals surface area contributed by atoms with Crippen LogP contribution in [-0.2, 0) is 54.0 Å². The highest BCUT2D eigenvalue weighted by Gasteiger charge is 2.68. The molecule has 10 atom stereocenters. The number of rotatable bonds is 31. The summed E-state index contributed by atoms with van der Waals surface area (Å²) in [5.41, 5.74) is 2.10. The van der Waals surface area contributed by atoms with Crippen LogP contribution >= 0.6 is 0 Å². The van der Waals surface area contributed by atoms with E-state index in [1.807, 2.05) is 26.0 Å². The molecule has 1 heterocycles. The van der Waals surface area contributed by atoms with Crippen LogP contribution < -0.4 is 21.3 Å². The number of carbonyl (C=O) groups excluding carboxylic acids is 7. The van der Waals surface area contributed by atoms with Crippen molar-refractivity contribution in [3.63, 3.8) is 0 Å². The molecule has 78 heavy (non-hydrogen) atoms. The Balaban J connectivity index is 1.32. The highest BCUT2D eigenvalue weighted by Crippen LogP contribution is 2.66. The largest absolute Gasteiger partial charge is 0.481 e. The quantitative estimate of drug-likeness (QED) is 0.0235. The van der Waals surface area contributed by atoms with E-state index in [0.717, 1.165) is 56.1 Å². The number of ketones is 3. The maximum atomic E-state index is 14.4. The van der Waals surface area contributed by atoms with E-state index >= 15 is 0 Å². The van der Waals surface area contributed by atoms with Crippen molar-refractivity contribution in [3.05, 3.63) is 59.7 Å². The highest BCUT2D eigenvalue weighted by molar-refractivity contribution is 6.47.